The van der Waals surface area contributed by atoms with Crippen LogP contribution >= 0.6 is 12.2 Å². The maximum Gasteiger partial charge on any atom is 0.253 e. The number of benzene rings is 2. The third-order valence-corrected chi connectivity index (χ3v) is 6.84. The second kappa shape index (κ2) is 11.6. The summed E-state index contributed by atoms with van der Waals surface area (Å²) < 4.78 is 5.47. The highest BCUT2D eigenvalue weighted by Crippen LogP contribution is 2.17. The summed E-state index contributed by atoms with van der Waals surface area (Å²) >= 11 is 5.85. The molecule has 0 saturated carbocycles. The Morgan fingerprint density at radius 2 is 1.94 bits per heavy atom. The SMILES string of the molecule is Cc1cccc2cc(CN(CCCN3CCOCC3)C(=S)N[C@H](C)c3ccccc3)c(=O)[nH]c12. The molecule has 1 atom stereocenters. The molecule has 1 saturated heterocycles. The lowest BCUT2D eigenvalue weighted by Crippen LogP contribution is -2.43. The summed E-state index contributed by atoms with van der Waals surface area (Å²) in [5, 5.41) is 5.19. The van der Waals surface area contributed by atoms with E-state index in [1.165, 1.54) is 5.56 Å². The lowest BCUT2D eigenvalue weighted by Gasteiger charge is -2.30. The van der Waals surface area contributed by atoms with Crippen LogP contribution in [0.15, 0.2) is 59.4 Å². The predicted octanol–water partition coefficient (Wildman–Crippen LogP) is 4.00. The molecule has 0 aliphatic carbocycles. The first-order valence-electron chi connectivity index (χ1n) is 12.0. The minimum absolute atomic E-state index is 0.0566. The molecule has 1 fully saturated rings. The van der Waals surface area contributed by atoms with Crippen LogP contribution in [0.25, 0.3) is 10.9 Å². The maximum absolute atomic E-state index is 12.9. The molecule has 2 aromatic carbocycles. The summed E-state index contributed by atoms with van der Waals surface area (Å²) in [7, 11) is 0. The first kappa shape index (κ1) is 24.4. The number of H-pyrrole nitrogens is 1. The van der Waals surface area contributed by atoms with Gasteiger partial charge in [-0.05, 0) is 55.1 Å². The highest BCUT2D eigenvalue weighted by molar-refractivity contribution is 7.80. The number of nitrogens with zero attached hydrogens (tertiary/aromatic N) is 2. The molecule has 34 heavy (non-hydrogen) atoms. The Balaban J connectivity index is 1.50. The van der Waals surface area contributed by atoms with Gasteiger partial charge in [-0.25, -0.2) is 0 Å². The number of ether oxygens (including phenoxy) is 1. The molecule has 1 aromatic heterocycles. The van der Waals surface area contributed by atoms with Crippen LogP contribution in [0.3, 0.4) is 0 Å². The lowest BCUT2D eigenvalue weighted by molar-refractivity contribution is 0.0367. The molecule has 6 nitrogen and oxygen atoms in total. The van der Waals surface area contributed by atoms with Gasteiger partial charge in [-0.15, -0.1) is 0 Å². The quantitative estimate of drug-likeness (QED) is 0.478. The number of para-hydroxylation sites is 1. The molecule has 180 valence electrons. The van der Waals surface area contributed by atoms with Crippen LogP contribution in [0.4, 0.5) is 0 Å². The van der Waals surface area contributed by atoms with Gasteiger partial charge in [0.25, 0.3) is 5.56 Å². The minimum Gasteiger partial charge on any atom is -0.379 e. The van der Waals surface area contributed by atoms with E-state index >= 15 is 0 Å². The van der Waals surface area contributed by atoms with Gasteiger partial charge in [0.1, 0.15) is 0 Å². The Morgan fingerprint density at radius 3 is 2.71 bits per heavy atom. The second-order valence-electron chi connectivity index (χ2n) is 8.97. The van der Waals surface area contributed by atoms with Crippen LogP contribution in [0, 0.1) is 6.92 Å². The zero-order valence-electron chi connectivity index (χ0n) is 20.0. The number of thiocarbonyl (C=S) groups is 1. The van der Waals surface area contributed by atoms with Crippen molar-refractivity contribution in [3.63, 3.8) is 0 Å². The van der Waals surface area contributed by atoms with E-state index in [1.807, 2.05) is 49.4 Å². The van der Waals surface area contributed by atoms with E-state index in [-0.39, 0.29) is 11.6 Å². The molecule has 0 spiro atoms. The minimum atomic E-state index is -0.0566. The Labute approximate surface area is 206 Å². The zero-order chi connectivity index (χ0) is 23.9. The average Bonchev–Trinajstić information content (AvgIpc) is 2.85. The third-order valence-electron chi connectivity index (χ3n) is 6.46. The van der Waals surface area contributed by atoms with Crippen LogP contribution in [0.2, 0.25) is 0 Å². The fourth-order valence-electron chi connectivity index (χ4n) is 4.42. The maximum atomic E-state index is 12.9. The summed E-state index contributed by atoms with van der Waals surface area (Å²) in [6, 6.07) is 18.4. The number of rotatable bonds is 8. The van der Waals surface area contributed by atoms with E-state index in [0.717, 1.165) is 67.8 Å². The molecule has 1 aliphatic heterocycles. The summed E-state index contributed by atoms with van der Waals surface area (Å²) in [5.74, 6) is 0. The number of aryl methyl sites for hydroxylation is 1. The van der Waals surface area contributed by atoms with Crippen molar-refractivity contribution in [2.75, 3.05) is 39.4 Å². The number of hydrogen-bond donors (Lipinski definition) is 2. The van der Waals surface area contributed by atoms with E-state index < -0.39 is 0 Å². The van der Waals surface area contributed by atoms with Crippen molar-refractivity contribution in [1.29, 1.82) is 0 Å². The molecule has 2 heterocycles. The summed E-state index contributed by atoms with van der Waals surface area (Å²) in [5.41, 5.74) is 3.81. The summed E-state index contributed by atoms with van der Waals surface area (Å²) in [4.78, 5) is 20.6. The smallest absolute Gasteiger partial charge is 0.253 e. The molecule has 0 radical (unpaired) electrons. The fraction of sp³-hybridized carbons (Fsp3) is 0.407. The van der Waals surface area contributed by atoms with Gasteiger partial charge in [-0.1, -0.05) is 48.5 Å². The van der Waals surface area contributed by atoms with Crippen molar-refractivity contribution in [3.05, 3.63) is 81.6 Å². The molecular formula is C27H34N4O2S. The number of pyridine rings is 1. The van der Waals surface area contributed by atoms with Crippen molar-refractivity contribution in [2.24, 2.45) is 0 Å². The topological polar surface area (TPSA) is 60.6 Å². The van der Waals surface area contributed by atoms with Gasteiger partial charge in [-0.2, -0.15) is 0 Å². The highest BCUT2D eigenvalue weighted by Gasteiger charge is 2.17. The van der Waals surface area contributed by atoms with Crippen molar-refractivity contribution in [3.8, 4) is 0 Å². The van der Waals surface area contributed by atoms with Gasteiger partial charge in [0.2, 0.25) is 0 Å². The van der Waals surface area contributed by atoms with Gasteiger partial charge < -0.3 is 19.9 Å². The Morgan fingerprint density at radius 1 is 1.18 bits per heavy atom. The molecule has 3 aromatic rings. The van der Waals surface area contributed by atoms with Crippen molar-refractivity contribution >= 4 is 28.2 Å². The predicted molar refractivity (Wildman–Crippen MR) is 142 cm³/mol. The number of nitrogens with one attached hydrogen (secondary N) is 2. The normalized spacial score (nSPS) is 15.2. The summed E-state index contributed by atoms with van der Waals surface area (Å²) in [6.45, 7) is 9.89. The Bertz CT molecular complexity index is 1160. The van der Waals surface area contributed by atoms with Gasteiger partial charge in [0.05, 0.1) is 31.3 Å². The number of aromatic nitrogens is 1. The molecule has 0 unspecified atom stereocenters. The van der Waals surface area contributed by atoms with Crippen LogP contribution in [0.5, 0.6) is 0 Å². The standard InChI is InChI=1S/C27H34N4O2S/c1-20-8-6-11-23-18-24(26(32)29-25(20)23)19-31(13-7-12-30-14-16-33-17-15-30)27(34)28-21(2)22-9-4-3-5-10-22/h3-6,8-11,18,21H,7,12-17,19H2,1-2H3,(H,28,34)(H,29,32)/t21-/m1/s1. The van der Waals surface area contributed by atoms with E-state index in [2.05, 4.69) is 39.2 Å². The number of fused-ring (bicyclic) bond motifs is 1. The molecule has 7 heteroatoms. The largest absolute Gasteiger partial charge is 0.379 e. The average molecular weight is 479 g/mol. The van der Waals surface area contributed by atoms with Crippen molar-refractivity contribution < 1.29 is 4.74 Å². The molecule has 4 rings (SSSR count). The van der Waals surface area contributed by atoms with Crippen LogP contribution in [-0.4, -0.2) is 59.3 Å². The van der Waals surface area contributed by atoms with Gasteiger partial charge in [-0.3, -0.25) is 9.69 Å². The second-order valence-corrected chi connectivity index (χ2v) is 9.36. The van der Waals surface area contributed by atoms with Gasteiger partial charge in [0.15, 0.2) is 5.11 Å². The van der Waals surface area contributed by atoms with Crippen LogP contribution in [-0.2, 0) is 11.3 Å². The van der Waals surface area contributed by atoms with E-state index in [4.69, 9.17) is 17.0 Å². The van der Waals surface area contributed by atoms with Crippen LogP contribution < -0.4 is 10.9 Å². The molecule has 0 amide bonds. The molecular weight excluding hydrogens is 444 g/mol. The Hall–Kier alpha value is -2.74. The van der Waals surface area contributed by atoms with E-state index in [1.54, 1.807) is 0 Å². The lowest BCUT2D eigenvalue weighted by atomic mass is 10.1. The first-order valence-corrected chi connectivity index (χ1v) is 12.4. The third kappa shape index (κ3) is 6.23. The Kier molecular flexibility index (Phi) is 8.32. The van der Waals surface area contributed by atoms with Crippen molar-refractivity contribution in [1.82, 2.24) is 20.1 Å². The van der Waals surface area contributed by atoms with E-state index in [0.29, 0.717) is 11.7 Å². The van der Waals surface area contributed by atoms with Crippen molar-refractivity contribution in [2.45, 2.75) is 32.9 Å². The molecule has 2 N–H and O–H groups in total. The number of aromatic amines is 1. The molecule has 1 aliphatic rings. The molecule has 0 bridgehead atoms. The summed E-state index contributed by atoms with van der Waals surface area (Å²) in [6.07, 6.45) is 0.964. The van der Waals surface area contributed by atoms with Gasteiger partial charge >= 0.3 is 0 Å². The number of hydrogen-bond acceptors (Lipinski definition) is 4. The van der Waals surface area contributed by atoms with E-state index in [9.17, 15) is 4.79 Å². The highest BCUT2D eigenvalue weighted by atomic mass is 32.1. The fourth-order valence-corrected chi connectivity index (χ4v) is 4.75. The van der Waals surface area contributed by atoms with Crippen LogP contribution in [0.1, 0.15) is 36.1 Å². The van der Waals surface area contributed by atoms with Gasteiger partial charge in [0, 0.05) is 31.7 Å². The monoisotopic (exact) mass is 478 g/mol. The number of morpholine rings is 1. The first-order chi connectivity index (χ1) is 16.5. The zero-order valence-corrected chi connectivity index (χ0v) is 20.9.